The van der Waals surface area contributed by atoms with Gasteiger partial charge < -0.3 is 5.32 Å². The zero-order chi connectivity index (χ0) is 15.6. The highest BCUT2D eigenvalue weighted by Gasteiger charge is 2.36. The van der Waals surface area contributed by atoms with Gasteiger partial charge in [0, 0.05) is 23.6 Å². The van der Waals surface area contributed by atoms with Crippen LogP contribution in [0.2, 0.25) is 0 Å². The number of hydrogen-bond acceptors (Lipinski definition) is 5. The van der Waals surface area contributed by atoms with Crippen LogP contribution in [0.15, 0.2) is 27.6 Å². The van der Waals surface area contributed by atoms with Crippen molar-refractivity contribution < 1.29 is 13.3 Å². The molecule has 0 spiro atoms. The van der Waals surface area contributed by atoms with E-state index in [2.05, 4.69) is 21.2 Å². The van der Waals surface area contributed by atoms with Crippen LogP contribution in [0.25, 0.3) is 0 Å². The largest absolute Gasteiger partial charge is 0.319 e. The van der Waals surface area contributed by atoms with Crippen LogP contribution in [-0.4, -0.2) is 44.3 Å². The van der Waals surface area contributed by atoms with E-state index in [-0.39, 0.29) is 23.2 Å². The van der Waals surface area contributed by atoms with E-state index in [0.717, 1.165) is 13.0 Å². The number of nitro groups is 1. The minimum absolute atomic E-state index is 0. The number of nitrogens with zero attached hydrogens (tertiary/aromatic N) is 2. The number of halogens is 2. The van der Waals surface area contributed by atoms with Crippen LogP contribution in [0.4, 0.5) is 5.69 Å². The molecular weight excluding hydrogens is 398 g/mol. The second-order valence-electron chi connectivity index (χ2n) is 4.94. The molecule has 10 heteroatoms. The van der Waals surface area contributed by atoms with Gasteiger partial charge in [-0.3, -0.25) is 10.1 Å². The average Bonchev–Trinajstić information content (AvgIpc) is 2.88. The Morgan fingerprint density at radius 2 is 2.18 bits per heavy atom. The smallest absolute Gasteiger partial charge is 0.290 e. The van der Waals surface area contributed by atoms with E-state index in [1.165, 1.54) is 22.5 Å². The summed E-state index contributed by atoms with van der Waals surface area (Å²) in [6.45, 7) is 1.51. The fourth-order valence-corrected chi connectivity index (χ4v) is 4.48. The van der Waals surface area contributed by atoms with Gasteiger partial charge in [-0.25, -0.2) is 8.42 Å². The van der Waals surface area contributed by atoms with Crippen molar-refractivity contribution in [1.82, 2.24) is 9.62 Å². The van der Waals surface area contributed by atoms with Crippen molar-refractivity contribution in [3.8, 4) is 0 Å². The molecule has 0 saturated carbocycles. The summed E-state index contributed by atoms with van der Waals surface area (Å²) in [6.07, 6.45) is 0.754. The van der Waals surface area contributed by atoms with Crippen LogP contribution in [0.3, 0.4) is 0 Å². The van der Waals surface area contributed by atoms with Crippen molar-refractivity contribution >= 4 is 44.0 Å². The number of nitrogens with one attached hydrogen (secondary N) is 1. The second kappa shape index (κ2) is 7.69. The molecule has 1 aliphatic heterocycles. The van der Waals surface area contributed by atoms with Gasteiger partial charge in [0.25, 0.3) is 5.69 Å². The van der Waals surface area contributed by atoms with Gasteiger partial charge in [0.1, 0.15) is 0 Å². The lowest BCUT2D eigenvalue weighted by atomic mass is 10.1. The lowest BCUT2D eigenvalue weighted by molar-refractivity contribution is -0.387. The molecule has 0 bridgehead atoms. The molecule has 0 radical (unpaired) electrons. The minimum atomic E-state index is -3.84. The number of hydrogen-bond donors (Lipinski definition) is 1. The third kappa shape index (κ3) is 3.96. The Morgan fingerprint density at radius 3 is 2.77 bits per heavy atom. The highest BCUT2D eigenvalue weighted by atomic mass is 79.9. The zero-order valence-corrected chi connectivity index (χ0v) is 15.1. The fraction of sp³-hybridized carbons (Fsp3) is 0.500. The average molecular weight is 415 g/mol. The number of sulfonamides is 1. The summed E-state index contributed by atoms with van der Waals surface area (Å²) in [4.78, 5) is 10.2. The van der Waals surface area contributed by atoms with E-state index >= 15 is 0 Å². The SMILES string of the molecule is CNCC1CCN(S(=O)(=O)c2ccc(Br)cc2[N+](=O)[O-])C1.Cl. The molecule has 22 heavy (non-hydrogen) atoms. The number of nitro benzene ring substituents is 1. The molecule has 1 aliphatic rings. The minimum Gasteiger partial charge on any atom is -0.319 e. The van der Waals surface area contributed by atoms with Gasteiger partial charge in [0.05, 0.1) is 4.92 Å². The summed E-state index contributed by atoms with van der Waals surface area (Å²) in [6, 6.07) is 4.00. The quantitative estimate of drug-likeness (QED) is 0.588. The molecule has 1 unspecified atom stereocenters. The number of rotatable bonds is 5. The molecule has 0 amide bonds. The molecule has 0 aliphatic carbocycles. The monoisotopic (exact) mass is 413 g/mol. The molecule has 1 fully saturated rings. The van der Waals surface area contributed by atoms with Crippen molar-refractivity contribution in [1.29, 1.82) is 0 Å². The summed E-state index contributed by atoms with van der Waals surface area (Å²) in [5, 5.41) is 14.1. The van der Waals surface area contributed by atoms with Crippen molar-refractivity contribution in [2.24, 2.45) is 5.92 Å². The van der Waals surface area contributed by atoms with Crippen LogP contribution < -0.4 is 5.32 Å². The van der Waals surface area contributed by atoms with Crippen molar-refractivity contribution in [3.63, 3.8) is 0 Å². The Hall–Kier alpha value is -0.740. The predicted molar refractivity (Wildman–Crippen MR) is 88.8 cm³/mol. The van der Waals surface area contributed by atoms with Gasteiger partial charge in [-0.1, -0.05) is 15.9 Å². The lowest BCUT2D eigenvalue weighted by Gasteiger charge is -2.16. The Bertz CT molecular complexity index is 656. The zero-order valence-electron chi connectivity index (χ0n) is 11.9. The van der Waals surface area contributed by atoms with Gasteiger partial charge in [-0.15, -0.1) is 12.4 Å². The van der Waals surface area contributed by atoms with Gasteiger partial charge >= 0.3 is 0 Å². The summed E-state index contributed by atoms with van der Waals surface area (Å²) < 4.78 is 27.0. The second-order valence-corrected chi connectivity index (χ2v) is 7.77. The Labute approximate surface area is 143 Å². The Balaban J connectivity index is 0.00000242. The first kappa shape index (κ1) is 19.3. The van der Waals surface area contributed by atoms with Crippen molar-refractivity contribution in [3.05, 3.63) is 32.8 Å². The normalized spacial score (nSPS) is 18.9. The van der Waals surface area contributed by atoms with E-state index < -0.39 is 20.6 Å². The third-order valence-corrected chi connectivity index (χ3v) is 5.88. The van der Waals surface area contributed by atoms with Gasteiger partial charge in [0.15, 0.2) is 4.90 Å². The van der Waals surface area contributed by atoms with Crippen LogP contribution in [0.1, 0.15) is 6.42 Å². The van der Waals surface area contributed by atoms with E-state index in [0.29, 0.717) is 17.6 Å². The molecule has 0 aromatic heterocycles. The maximum atomic E-state index is 12.6. The van der Waals surface area contributed by atoms with Crippen LogP contribution in [0, 0.1) is 16.0 Å². The first-order chi connectivity index (χ1) is 9.86. The topological polar surface area (TPSA) is 92.6 Å². The van der Waals surface area contributed by atoms with Gasteiger partial charge in [-0.05, 0) is 38.1 Å². The molecule has 1 saturated heterocycles. The Morgan fingerprint density at radius 1 is 1.50 bits per heavy atom. The molecule has 7 nitrogen and oxygen atoms in total. The van der Waals surface area contributed by atoms with E-state index in [1.54, 1.807) is 0 Å². The molecule has 124 valence electrons. The van der Waals surface area contributed by atoms with Crippen LogP contribution >= 0.6 is 28.3 Å². The molecular formula is C12H17BrClN3O4S. The van der Waals surface area contributed by atoms with Crippen molar-refractivity contribution in [2.75, 3.05) is 26.7 Å². The van der Waals surface area contributed by atoms with Crippen LogP contribution in [0.5, 0.6) is 0 Å². The summed E-state index contributed by atoms with van der Waals surface area (Å²) in [5.41, 5.74) is -0.401. The van der Waals surface area contributed by atoms with Crippen LogP contribution in [-0.2, 0) is 10.0 Å². The summed E-state index contributed by atoms with van der Waals surface area (Å²) >= 11 is 3.12. The fourth-order valence-electron chi connectivity index (χ4n) is 2.46. The summed E-state index contributed by atoms with van der Waals surface area (Å²) in [5.74, 6) is 0.235. The number of benzene rings is 1. The first-order valence-corrected chi connectivity index (χ1v) is 8.68. The summed E-state index contributed by atoms with van der Waals surface area (Å²) in [7, 11) is -2.02. The highest BCUT2D eigenvalue weighted by molar-refractivity contribution is 9.10. The first-order valence-electron chi connectivity index (χ1n) is 6.45. The predicted octanol–water partition coefficient (Wildman–Crippen LogP) is 2.01. The maximum absolute atomic E-state index is 12.6. The highest BCUT2D eigenvalue weighted by Crippen LogP contribution is 2.32. The maximum Gasteiger partial charge on any atom is 0.290 e. The van der Waals surface area contributed by atoms with Gasteiger partial charge in [-0.2, -0.15) is 4.31 Å². The molecule has 2 rings (SSSR count). The molecule has 1 N–H and O–H groups in total. The van der Waals surface area contributed by atoms with E-state index in [4.69, 9.17) is 0 Å². The van der Waals surface area contributed by atoms with Crippen molar-refractivity contribution in [2.45, 2.75) is 11.3 Å². The molecule has 1 heterocycles. The standard InChI is InChI=1S/C12H16BrN3O4S.ClH/c1-14-7-9-4-5-15(8-9)21(19,20)12-3-2-10(13)6-11(12)16(17)18;/h2-3,6,9,14H,4-5,7-8H2,1H3;1H. The van der Waals surface area contributed by atoms with E-state index in [9.17, 15) is 18.5 Å². The molecule has 1 atom stereocenters. The molecule has 1 aromatic carbocycles. The third-order valence-electron chi connectivity index (χ3n) is 3.48. The molecule has 1 aromatic rings. The Kier molecular flexibility index (Phi) is 6.75. The lowest BCUT2D eigenvalue weighted by Crippen LogP contribution is -2.30. The van der Waals surface area contributed by atoms with E-state index in [1.807, 2.05) is 7.05 Å². The van der Waals surface area contributed by atoms with Gasteiger partial charge in [0.2, 0.25) is 10.0 Å².